The molecule has 0 saturated heterocycles. The Morgan fingerprint density at radius 3 is 2.46 bits per heavy atom. The third-order valence-corrected chi connectivity index (χ3v) is 5.74. The van der Waals surface area contributed by atoms with Crippen molar-refractivity contribution >= 4 is 13.6 Å². The third-order valence-electron chi connectivity index (χ3n) is 5.29. The lowest BCUT2D eigenvalue weighted by Gasteiger charge is -2.07. The summed E-state index contributed by atoms with van der Waals surface area (Å²) in [5.41, 5.74) is 10.2. The number of phosphoric acid groups is 1. The van der Waals surface area contributed by atoms with Crippen molar-refractivity contribution in [1.29, 1.82) is 0 Å². The lowest BCUT2D eigenvalue weighted by atomic mass is 10.0. The van der Waals surface area contributed by atoms with Crippen molar-refractivity contribution in [3.8, 4) is 17.1 Å². The van der Waals surface area contributed by atoms with Gasteiger partial charge in [0.2, 0.25) is 6.73 Å². The van der Waals surface area contributed by atoms with E-state index in [0.29, 0.717) is 35.6 Å². The predicted octanol–water partition coefficient (Wildman–Crippen LogP) is 3.61. The van der Waals surface area contributed by atoms with Gasteiger partial charge < -0.3 is 19.0 Å². The number of hydrogen-bond acceptors (Lipinski definition) is 6. The normalized spacial score (nSPS) is 11.5. The van der Waals surface area contributed by atoms with Crippen LogP contribution >= 0.6 is 7.82 Å². The highest BCUT2D eigenvalue weighted by Gasteiger charge is 2.20. The number of hydrogen-bond donors (Lipinski definition) is 3. The SMILES string of the molecule is COc1cc(F)cc(Cc2ccc(Cc3cc(-c4ccc[n+](COP(=O)(O)O)c4N)on3)cc2)c1. The van der Waals surface area contributed by atoms with Gasteiger partial charge in [0.1, 0.15) is 17.1 Å². The van der Waals surface area contributed by atoms with Crippen molar-refractivity contribution in [1.82, 2.24) is 5.16 Å². The summed E-state index contributed by atoms with van der Waals surface area (Å²) in [5.74, 6) is 0.774. The van der Waals surface area contributed by atoms with Crippen molar-refractivity contribution in [2.24, 2.45) is 0 Å². The van der Waals surface area contributed by atoms with E-state index >= 15 is 0 Å². The highest BCUT2D eigenvalue weighted by Crippen LogP contribution is 2.35. The Bertz CT molecular complexity index is 1370. The fraction of sp³-hybridized carbons (Fsp3) is 0.167. The van der Waals surface area contributed by atoms with E-state index in [1.807, 2.05) is 30.3 Å². The van der Waals surface area contributed by atoms with Gasteiger partial charge in [0.05, 0.1) is 19.0 Å². The topological polar surface area (TPSA) is 132 Å². The molecule has 0 aliphatic carbocycles. The number of nitrogens with zero attached hydrogens (tertiary/aromatic N) is 2. The first kappa shape index (κ1) is 24.6. The van der Waals surface area contributed by atoms with Gasteiger partial charge in [-0.2, -0.15) is 0 Å². The average molecular weight is 500 g/mol. The maximum absolute atomic E-state index is 13.7. The van der Waals surface area contributed by atoms with E-state index in [0.717, 1.165) is 16.7 Å². The molecule has 0 unspecified atom stereocenters. The van der Waals surface area contributed by atoms with Crippen LogP contribution in [0.15, 0.2) is 71.4 Å². The number of anilines is 1. The molecule has 0 bridgehead atoms. The Labute approximate surface area is 200 Å². The fourth-order valence-corrected chi connectivity index (χ4v) is 3.88. The van der Waals surface area contributed by atoms with Crippen molar-refractivity contribution in [3.63, 3.8) is 0 Å². The molecule has 0 spiro atoms. The summed E-state index contributed by atoms with van der Waals surface area (Å²) in [7, 11) is -3.13. The maximum atomic E-state index is 13.7. The number of phosphoric ester groups is 1. The molecule has 4 rings (SSSR count). The molecule has 0 aliphatic heterocycles. The largest absolute Gasteiger partial charge is 0.497 e. The minimum Gasteiger partial charge on any atom is -0.497 e. The Morgan fingerprint density at radius 2 is 1.77 bits per heavy atom. The molecule has 11 heteroatoms. The highest BCUT2D eigenvalue weighted by molar-refractivity contribution is 7.46. The van der Waals surface area contributed by atoms with Crippen LogP contribution in [0.5, 0.6) is 5.75 Å². The number of benzene rings is 2. The van der Waals surface area contributed by atoms with E-state index in [1.165, 1.54) is 30.0 Å². The van der Waals surface area contributed by atoms with Crippen LogP contribution in [-0.2, 0) is 28.7 Å². The molecule has 0 radical (unpaired) electrons. The summed E-state index contributed by atoms with van der Waals surface area (Å²) >= 11 is 0. The van der Waals surface area contributed by atoms with Crippen molar-refractivity contribution < 1.29 is 37.1 Å². The zero-order chi connectivity index (χ0) is 25.0. The number of nitrogens with two attached hydrogens (primary N) is 1. The minimum absolute atomic E-state index is 0.210. The molecule has 2 aromatic heterocycles. The summed E-state index contributed by atoms with van der Waals surface area (Å²) in [4.78, 5) is 17.8. The molecule has 0 amide bonds. The van der Waals surface area contributed by atoms with Gasteiger partial charge in [-0.25, -0.2) is 18.0 Å². The number of methoxy groups -OCH3 is 1. The molecule has 4 N–H and O–H groups in total. The van der Waals surface area contributed by atoms with Crippen molar-refractivity contribution in [2.45, 2.75) is 19.6 Å². The monoisotopic (exact) mass is 500 g/mol. The van der Waals surface area contributed by atoms with Gasteiger partial charge in [0.25, 0.3) is 5.82 Å². The fourth-order valence-electron chi connectivity index (χ4n) is 3.60. The van der Waals surface area contributed by atoms with Gasteiger partial charge in [-0.15, -0.1) is 0 Å². The molecular formula is C24H24FN3O6P+. The third kappa shape index (κ3) is 6.52. The second-order valence-electron chi connectivity index (χ2n) is 7.88. The van der Waals surface area contributed by atoms with E-state index in [4.69, 9.17) is 24.8 Å². The average Bonchev–Trinajstić information content (AvgIpc) is 3.27. The molecule has 35 heavy (non-hydrogen) atoms. The number of nitrogen functional groups attached to an aromatic ring is 1. The number of ether oxygens (including phenoxy) is 1. The van der Waals surface area contributed by atoms with Crippen LogP contribution in [0, 0.1) is 5.82 Å². The van der Waals surface area contributed by atoms with Crippen molar-refractivity contribution in [3.05, 3.63) is 95.1 Å². The van der Waals surface area contributed by atoms with E-state index in [-0.39, 0.29) is 11.6 Å². The first-order valence-electron chi connectivity index (χ1n) is 10.6. The van der Waals surface area contributed by atoms with Crippen molar-refractivity contribution in [2.75, 3.05) is 12.8 Å². The van der Waals surface area contributed by atoms with Gasteiger partial charge in [-0.05, 0) is 47.4 Å². The van der Waals surface area contributed by atoms with E-state index in [9.17, 15) is 8.96 Å². The van der Waals surface area contributed by atoms with Crippen LogP contribution in [0.4, 0.5) is 10.2 Å². The Balaban J connectivity index is 1.44. The minimum atomic E-state index is -4.64. The Kier molecular flexibility index (Phi) is 7.28. The number of halogens is 1. The summed E-state index contributed by atoms with van der Waals surface area (Å²) in [6, 6.07) is 17.7. The number of aromatic nitrogens is 2. The molecule has 4 aromatic rings. The molecule has 9 nitrogen and oxygen atoms in total. The van der Waals surface area contributed by atoms with Crippen LogP contribution < -0.4 is 15.0 Å². The number of rotatable bonds is 9. The molecule has 182 valence electrons. The predicted molar refractivity (Wildman–Crippen MR) is 125 cm³/mol. The molecule has 0 aliphatic rings. The second-order valence-corrected chi connectivity index (χ2v) is 9.12. The highest BCUT2D eigenvalue weighted by atomic mass is 31.2. The van der Waals surface area contributed by atoms with Crippen LogP contribution in [0.2, 0.25) is 0 Å². The van der Waals surface area contributed by atoms with E-state index in [2.05, 4.69) is 9.68 Å². The maximum Gasteiger partial charge on any atom is 0.472 e. The van der Waals surface area contributed by atoms with E-state index < -0.39 is 14.6 Å². The number of pyridine rings is 1. The van der Waals surface area contributed by atoms with Gasteiger partial charge in [-0.1, -0.05) is 29.4 Å². The lowest BCUT2D eigenvalue weighted by Crippen LogP contribution is -2.38. The first-order valence-corrected chi connectivity index (χ1v) is 12.1. The molecular weight excluding hydrogens is 476 g/mol. The Hall–Kier alpha value is -3.56. The molecule has 2 heterocycles. The smallest absolute Gasteiger partial charge is 0.472 e. The zero-order valence-electron chi connectivity index (χ0n) is 18.8. The molecule has 2 aromatic carbocycles. The molecule has 0 saturated carbocycles. The first-order chi connectivity index (χ1) is 16.7. The van der Waals surface area contributed by atoms with Gasteiger partial charge in [-0.3, -0.25) is 5.73 Å². The standard InChI is InChI=1S/C24H23FN3O6P/c1-32-21-12-18(10-19(25)13-21)9-16-4-6-17(7-5-16)11-20-14-23(34-27-20)22-3-2-8-28(24(22)26)15-33-35(29,30)31/h2-8,10,12-14,26H,9,11,15H2,1H3,(H2,29,30,31)/p+1. The zero-order valence-corrected chi connectivity index (χ0v) is 19.7. The van der Waals surface area contributed by atoms with Gasteiger partial charge in [0.15, 0.2) is 5.76 Å². The summed E-state index contributed by atoms with van der Waals surface area (Å²) < 4.78 is 41.2. The molecule has 0 atom stereocenters. The summed E-state index contributed by atoms with van der Waals surface area (Å²) in [6.45, 7) is -0.417. The summed E-state index contributed by atoms with van der Waals surface area (Å²) in [5, 5.41) is 4.11. The van der Waals surface area contributed by atoms with Crippen LogP contribution in [0.25, 0.3) is 11.3 Å². The van der Waals surface area contributed by atoms with E-state index in [1.54, 1.807) is 18.2 Å². The van der Waals surface area contributed by atoms with Crippen LogP contribution in [0.1, 0.15) is 22.4 Å². The van der Waals surface area contributed by atoms with Crippen LogP contribution in [0.3, 0.4) is 0 Å². The van der Waals surface area contributed by atoms with Gasteiger partial charge >= 0.3 is 7.82 Å². The Morgan fingerprint density at radius 1 is 1.06 bits per heavy atom. The van der Waals surface area contributed by atoms with Crippen LogP contribution in [-0.4, -0.2) is 22.1 Å². The van der Waals surface area contributed by atoms with Gasteiger partial charge in [0, 0.05) is 18.6 Å². The lowest BCUT2D eigenvalue weighted by molar-refractivity contribution is -0.711. The quantitative estimate of drug-likeness (QED) is 0.235. The summed E-state index contributed by atoms with van der Waals surface area (Å²) in [6.07, 6.45) is 2.63. The molecule has 0 fully saturated rings. The second kappa shape index (κ2) is 10.4.